The molecule has 0 bridgehead atoms. The van der Waals surface area contributed by atoms with Crippen LogP contribution >= 0.6 is 0 Å². The van der Waals surface area contributed by atoms with Crippen molar-refractivity contribution in [1.29, 1.82) is 0 Å². The third kappa shape index (κ3) is 3.19. The Morgan fingerprint density at radius 3 is 2.83 bits per heavy atom. The molecule has 1 aliphatic carbocycles. The van der Waals surface area contributed by atoms with Crippen molar-refractivity contribution in [3.63, 3.8) is 0 Å². The lowest BCUT2D eigenvalue weighted by Crippen LogP contribution is -2.50. The van der Waals surface area contributed by atoms with Gasteiger partial charge in [0.05, 0.1) is 17.6 Å². The minimum atomic E-state index is -0.291. The summed E-state index contributed by atoms with van der Waals surface area (Å²) < 4.78 is 16.9. The number of likely N-dealkylation sites (N-methyl/N-ethyl adjacent to an activating group) is 1. The average molecular weight is 405 g/mol. The molecule has 1 saturated heterocycles. The number of fused-ring (bicyclic) bond motifs is 2. The molecular weight excluding hydrogens is 381 g/mol. The monoisotopic (exact) mass is 405 g/mol. The minimum absolute atomic E-state index is 0.0427. The quantitative estimate of drug-likeness (QED) is 0.656. The second-order valence-corrected chi connectivity index (χ2v) is 8.35. The third-order valence-electron chi connectivity index (χ3n) is 6.21. The van der Waals surface area contributed by atoms with Crippen molar-refractivity contribution < 1.29 is 9.18 Å². The largest absolute Gasteiger partial charge is 0.369 e. The van der Waals surface area contributed by atoms with E-state index in [0.717, 1.165) is 36.6 Å². The molecule has 0 saturated carbocycles. The summed E-state index contributed by atoms with van der Waals surface area (Å²) in [4.78, 5) is 26.2. The number of carbonyl (C=O) groups is 1. The molecule has 1 fully saturated rings. The van der Waals surface area contributed by atoms with E-state index in [1.807, 2.05) is 23.6 Å². The van der Waals surface area contributed by atoms with E-state index < -0.39 is 0 Å². The summed E-state index contributed by atoms with van der Waals surface area (Å²) in [7, 11) is 2.11. The lowest BCUT2D eigenvalue weighted by atomic mass is 9.89. The molecule has 0 amide bonds. The number of benzene rings is 1. The van der Waals surface area contributed by atoms with Crippen LogP contribution in [0.15, 0.2) is 30.7 Å². The van der Waals surface area contributed by atoms with Crippen molar-refractivity contribution in [3.8, 4) is 0 Å². The fraction of sp³-hybridized carbons (Fsp3) is 0.348. The van der Waals surface area contributed by atoms with E-state index in [0.29, 0.717) is 28.5 Å². The van der Waals surface area contributed by atoms with E-state index in [1.165, 1.54) is 0 Å². The number of halogens is 1. The number of piperazine rings is 1. The number of allylic oxidation sites excluding steroid dienone is 1. The van der Waals surface area contributed by atoms with Gasteiger partial charge in [-0.15, -0.1) is 0 Å². The standard InChI is InChI=1S/C23H24FN5O/c1-14-11-29-13-21(26-23(29)10-25-14)19-9-18-16(7-22(19)30)6-17(8-20(18)24)28-5-4-27(3)15(2)12-28/h6,8-11,13,15H,4-5,7,12H2,1-3H3/t15-/m0/s1. The number of ketones is 1. The maximum atomic E-state index is 15.1. The lowest BCUT2D eigenvalue weighted by Gasteiger charge is -2.39. The zero-order valence-electron chi connectivity index (χ0n) is 17.4. The summed E-state index contributed by atoms with van der Waals surface area (Å²) in [5, 5.41) is 0. The Balaban J connectivity index is 1.52. The molecule has 0 unspecified atom stereocenters. The van der Waals surface area contributed by atoms with Gasteiger partial charge in [-0.25, -0.2) is 9.37 Å². The second kappa shape index (κ2) is 7.02. The first-order chi connectivity index (χ1) is 14.4. The number of carbonyl (C=O) groups excluding carboxylic acids is 1. The van der Waals surface area contributed by atoms with Gasteiger partial charge >= 0.3 is 0 Å². The fourth-order valence-electron chi connectivity index (χ4n) is 4.27. The van der Waals surface area contributed by atoms with E-state index in [9.17, 15) is 4.79 Å². The number of Topliss-reactive ketones (excluding diaryl/α,β-unsaturated/α-hetero) is 1. The van der Waals surface area contributed by atoms with Crippen LogP contribution in [0.5, 0.6) is 0 Å². The number of anilines is 1. The summed E-state index contributed by atoms with van der Waals surface area (Å²) in [6.07, 6.45) is 7.16. The van der Waals surface area contributed by atoms with Crippen LogP contribution in [0.1, 0.15) is 29.4 Å². The van der Waals surface area contributed by atoms with Gasteiger partial charge in [-0.2, -0.15) is 0 Å². The van der Waals surface area contributed by atoms with Gasteiger partial charge in [-0.1, -0.05) is 0 Å². The first kappa shape index (κ1) is 18.9. The second-order valence-electron chi connectivity index (χ2n) is 8.35. The number of hydrogen-bond acceptors (Lipinski definition) is 5. The Hall–Kier alpha value is -3.06. The Kier molecular flexibility index (Phi) is 4.43. The van der Waals surface area contributed by atoms with Gasteiger partial charge in [-0.05, 0) is 44.7 Å². The van der Waals surface area contributed by atoms with Crippen LogP contribution in [0, 0.1) is 12.7 Å². The Labute approximate surface area is 174 Å². The molecule has 7 heteroatoms. The molecule has 154 valence electrons. The molecule has 0 spiro atoms. The van der Waals surface area contributed by atoms with Crippen LogP contribution in [-0.2, 0) is 11.2 Å². The molecule has 6 nitrogen and oxygen atoms in total. The molecule has 1 aromatic carbocycles. The molecule has 5 rings (SSSR count). The highest BCUT2D eigenvalue weighted by atomic mass is 19.1. The highest BCUT2D eigenvalue weighted by molar-refractivity contribution is 6.27. The molecular formula is C23H24FN5O. The molecule has 0 radical (unpaired) electrons. The highest BCUT2D eigenvalue weighted by Crippen LogP contribution is 2.33. The van der Waals surface area contributed by atoms with Crippen LogP contribution in [0.3, 0.4) is 0 Å². The third-order valence-corrected chi connectivity index (χ3v) is 6.21. The van der Waals surface area contributed by atoms with Crippen molar-refractivity contribution in [2.24, 2.45) is 0 Å². The molecule has 0 N–H and O–H groups in total. The predicted octanol–water partition coefficient (Wildman–Crippen LogP) is 2.98. The van der Waals surface area contributed by atoms with Crippen LogP contribution < -0.4 is 4.90 Å². The number of rotatable bonds is 2. The van der Waals surface area contributed by atoms with E-state index in [2.05, 4.69) is 33.7 Å². The van der Waals surface area contributed by atoms with Crippen LogP contribution in [0.4, 0.5) is 10.1 Å². The molecule has 1 aliphatic heterocycles. The van der Waals surface area contributed by atoms with E-state index >= 15 is 4.39 Å². The minimum Gasteiger partial charge on any atom is -0.369 e. The zero-order valence-corrected chi connectivity index (χ0v) is 17.4. The van der Waals surface area contributed by atoms with Crippen LogP contribution in [0.25, 0.3) is 17.3 Å². The first-order valence-corrected chi connectivity index (χ1v) is 10.2. The van der Waals surface area contributed by atoms with Gasteiger partial charge in [-0.3, -0.25) is 9.78 Å². The van der Waals surface area contributed by atoms with Gasteiger partial charge in [0.15, 0.2) is 11.4 Å². The lowest BCUT2D eigenvalue weighted by molar-refractivity contribution is -0.113. The zero-order chi connectivity index (χ0) is 21.0. The number of hydrogen-bond donors (Lipinski definition) is 0. The van der Waals surface area contributed by atoms with Crippen molar-refractivity contribution in [2.45, 2.75) is 26.3 Å². The summed E-state index contributed by atoms with van der Waals surface area (Å²) in [6, 6.07) is 3.97. The molecule has 2 aromatic heterocycles. The van der Waals surface area contributed by atoms with Gasteiger partial charge in [0.2, 0.25) is 0 Å². The number of aryl methyl sites for hydroxylation is 1. The Bertz CT molecular complexity index is 1200. The summed E-state index contributed by atoms with van der Waals surface area (Å²) in [5.74, 6) is -0.334. The number of nitrogens with zero attached hydrogens (tertiary/aromatic N) is 5. The van der Waals surface area contributed by atoms with Gasteiger partial charge in [0, 0.05) is 61.3 Å². The van der Waals surface area contributed by atoms with Gasteiger partial charge in [0.25, 0.3) is 0 Å². The van der Waals surface area contributed by atoms with Gasteiger partial charge < -0.3 is 14.2 Å². The normalized spacial score (nSPS) is 19.9. The van der Waals surface area contributed by atoms with E-state index in [4.69, 9.17) is 0 Å². The molecule has 3 heterocycles. The van der Waals surface area contributed by atoms with Crippen molar-refractivity contribution in [2.75, 3.05) is 31.6 Å². The maximum absolute atomic E-state index is 15.1. The fourth-order valence-corrected chi connectivity index (χ4v) is 4.27. The van der Waals surface area contributed by atoms with Gasteiger partial charge in [0.1, 0.15) is 5.82 Å². The van der Waals surface area contributed by atoms with E-state index in [1.54, 1.807) is 24.5 Å². The predicted molar refractivity (Wildman–Crippen MR) is 115 cm³/mol. The Morgan fingerprint density at radius 2 is 2.03 bits per heavy atom. The summed E-state index contributed by atoms with van der Waals surface area (Å²) >= 11 is 0. The molecule has 3 aromatic rings. The first-order valence-electron chi connectivity index (χ1n) is 10.2. The highest BCUT2D eigenvalue weighted by Gasteiger charge is 2.27. The number of aromatic nitrogens is 3. The maximum Gasteiger partial charge on any atom is 0.169 e. The number of imidazole rings is 1. The average Bonchev–Trinajstić information content (AvgIpc) is 3.12. The molecule has 30 heavy (non-hydrogen) atoms. The molecule has 1 atom stereocenters. The Morgan fingerprint density at radius 1 is 1.20 bits per heavy atom. The van der Waals surface area contributed by atoms with Crippen molar-refractivity contribution >= 4 is 28.8 Å². The summed E-state index contributed by atoms with van der Waals surface area (Å²) in [6.45, 7) is 6.70. The van der Waals surface area contributed by atoms with Crippen LogP contribution in [0.2, 0.25) is 0 Å². The van der Waals surface area contributed by atoms with Crippen LogP contribution in [-0.4, -0.2) is 57.8 Å². The summed E-state index contributed by atoms with van der Waals surface area (Å²) in [5.41, 5.74) is 4.60. The molecule has 2 aliphatic rings. The van der Waals surface area contributed by atoms with E-state index in [-0.39, 0.29) is 18.0 Å². The van der Waals surface area contributed by atoms with Crippen molar-refractivity contribution in [3.05, 3.63) is 59.1 Å². The SMILES string of the molecule is Cc1cn2cc(C3=Cc4c(F)cc(N5CCN(C)[C@@H](C)C5)cc4CC3=O)nc2cn1. The topological polar surface area (TPSA) is 53.7 Å². The van der Waals surface area contributed by atoms with Crippen molar-refractivity contribution in [1.82, 2.24) is 19.3 Å². The smallest absolute Gasteiger partial charge is 0.169 e.